The Bertz CT molecular complexity index is 1800. The van der Waals surface area contributed by atoms with Crippen molar-refractivity contribution in [2.24, 2.45) is 0 Å². The van der Waals surface area contributed by atoms with Crippen molar-refractivity contribution in [1.29, 1.82) is 5.26 Å². The molecule has 3 aromatic heterocycles. The minimum atomic E-state index is -4.71. The van der Waals surface area contributed by atoms with Crippen molar-refractivity contribution in [3.63, 3.8) is 0 Å². The lowest BCUT2D eigenvalue weighted by Crippen LogP contribution is -2.47. The summed E-state index contributed by atoms with van der Waals surface area (Å²) in [5.74, 6) is 0.0120. The maximum absolute atomic E-state index is 14.1. The molecule has 224 valence electrons. The number of piperidine rings is 1. The van der Waals surface area contributed by atoms with Crippen LogP contribution in [0.2, 0.25) is 0 Å². The molecule has 1 aliphatic rings. The van der Waals surface area contributed by atoms with E-state index in [1.54, 1.807) is 50.8 Å². The second-order valence-corrected chi connectivity index (χ2v) is 11.5. The van der Waals surface area contributed by atoms with Crippen LogP contribution in [-0.2, 0) is 10.9 Å². The number of benzene rings is 1. The number of nitrogens with one attached hydrogen (secondary N) is 3. The molecule has 4 aromatic rings. The predicted octanol–water partition coefficient (Wildman–Crippen LogP) is 5.99. The molecule has 1 atom stereocenters. The van der Waals surface area contributed by atoms with Gasteiger partial charge in [-0.05, 0) is 57.7 Å². The maximum Gasteiger partial charge on any atom is 0.419 e. The third kappa shape index (κ3) is 6.18. The Morgan fingerprint density at radius 1 is 1.19 bits per heavy atom. The van der Waals surface area contributed by atoms with Gasteiger partial charge in [0.2, 0.25) is 5.95 Å². The van der Waals surface area contributed by atoms with E-state index in [0.717, 1.165) is 6.20 Å². The molecule has 0 saturated carbocycles. The average molecular weight is 594 g/mol. The van der Waals surface area contributed by atoms with Crippen LogP contribution < -0.4 is 10.9 Å². The standard InChI is InChI=1S/C30H30F3N7O3/c1-16-20(11-34)26(41)36-12-21(16)17-7-8-19-22(13-35-24(19)10-17)25-23(30(31,32)33)14-37-27(39-25)38-18-6-5-9-40(15-18)28(42)43-29(2,3)4/h7-8,10,12-14,18,35H,5-6,9,15H2,1-4H3,(H,36,41)(H,37,38,39)/t18-/m0/s1. The summed E-state index contributed by atoms with van der Waals surface area (Å²) in [5.41, 5.74) is 0.113. The predicted molar refractivity (Wildman–Crippen MR) is 154 cm³/mol. The van der Waals surface area contributed by atoms with Gasteiger partial charge >= 0.3 is 12.3 Å². The minimum absolute atomic E-state index is 0.00668. The topological polar surface area (TPSA) is 140 Å². The van der Waals surface area contributed by atoms with E-state index in [-0.39, 0.29) is 28.8 Å². The van der Waals surface area contributed by atoms with Gasteiger partial charge in [-0.2, -0.15) is 18.4 Å². The first-order valence-corrected chi connectivity index (χ1v) is 13.7. The number of hydrogen-bond donors (Lipinski definition) is 3. The van der Waals surface area contributed by atoms with Crippen LogP contribution in [0.25, 0.3) is 33.3 Å². The van der Waals surface area contributed by atoms with E-state index >= 15 is 0 Å². The Kier molecular flexibility index (Phi) is 7.64. The van der Waals surface area contributed by atoms with Gasteiger partial charge in [-0.25, -0.2) is 14.8 Å². The van der Waals surface area contributed by atoms with Crippen LogP contribution >= 0.6 is 0 Å². The van der Waals surface area contributed by atoms with Gasteiger partial charge in [0, 0.05) is 59.8 Å². The number of fused-ring (bicyclic) bond motifs is 1. The van der Waals surface area contributed by atoms with E-state index in [1.165, 1.54) is 12.4 Å². The van der Waals surface area contributed by atoms with Crippen molar-refractivity contribution < 1.29 is 22.7 Å². The lowest BCUT2D eigenvalue weighted by Gasteiger charge is -2.34. The summed E-state index contributed by atoms with van der Waals surface area (Å²) in [6.45, 7) is 7.81. The van der Waals surface area contributed by atoms with Gasteiger partial charge in [-0.15, -0.1) is 0 Å². The number of alkyl halides is 3. The normalized spacial score (nSPS) is 15.8. The number of nitriles is 1. The molecule has 13 heteroatoms. The largest absolute Gasteiger partial charge is 0.444 e. The highest BCUT2D eigenvalue weighted by Crippen LogP contribution is 2.39. The quantitative estimate of drug-likeness (QED) is 0.264. The maximum atomic E-state index is 14.1. The molecule has 1 aliphatic heterocycles. The molecule has 0 spiro atoms. The summed E-state index contributed by atoms with van der Waals surface area (Å²) in [5, 5.41) is 13.0. The lowest BCUT2D eigenvalue weighted by molar-refractivity contribution is -0.137. The van der Waals surface area contributed by atoms with Crippen LogP contribution in [0.5, 0.6) is 0 Å². The van der Waals surface area contributed by atoms with E-state index in [9.17, 15) is 28.0 Å². The minimum Gasteiger partial charge on any atom is -0.444 e. The van der Waals surface area contributed by atoms with E-state index in [0.29, 0.717) is 53.5 Å². The van der Waals surface area contributed by atoms with Crippen LogP contribution in [0.1, 0.15) is 50.3 Å². The molecule has 1 amide bonds. The third-order valence-electron chi connectivity index (χ3n) is 7.21. The summed E-state index contributed by atoms with van der Waals surface area (Å²) in [4.78, 5) is 40.0. The summed E-state index contributed by atoms with van der Waals surface area (Å²) < 4.78 is 47.8. The molecule has 1 aromatic carbocycles. The van der Waals surface area contributed by atoms with Gasteiger partial charge in [0.25, 0.3) is 5.56 Å². The van der Waals surface area contributed by atoms with Gasteiger partial charge in [-0.3, -0.25) is 4.79 Å². The van der Waals surface area contributed by atoms with Gasteiger partial charge in [0.1, 0.15) is 22.8 Å². The first-order chi connectivity index (χ1) is 20.2. The number of anilines is 1. The Hall–Kier alpha value is -4.86. The van der Waals surface area contributed by atoms with Crippen molar-refractivity contribution in [1.82, 2.24) is 24.8 Å². The van der Waals surface area contributed by atoms with Crippen LogP contribution in [0.3, 0.4) is 0 Å². The van der Waals surface area contributed by atoms with Crippen molar-refractivity contribution in [3.8, 4) is 28.5 Å². The number of aromatic amines is 2. The van der Waals surface area contributed by atoms with E-state index in [4.69, 9.17) is 4.74 Å². The number of hydrogen-bond acceptors (Lipinski definition) is 7. The summed E-state index contributed by atoms with van der Waals surface area (Å²) in [6, 6.07) is 6.74. The summed E-state index contributed by atoms with van der Waals surface area (Å²) >= 11 is 0. The monoisotopic (exact) mass is 593 g/mol. The number of amides is 1. The number of likely N-dealkylation sites (tertiary alicyclic amines) is 1. The fourth-order valence-electron chi connectivity index (χ4n) is 5.18. The molecule has 0 unspecified atom stereocenters. The number of carbonyl (C=O) groups is 1. The molecule has 0 aliphatic carbocycles. The average Bonchev–Trinajstić information content (AvgIpc) is 3.35. The number of carbonyl (C=O) groups excluding carboxylic acids is 1. The molecule has 1 fully saturated rings. The number of aromatic nitrogens is 4. The molecular formula is C30H30F3N7O3. The van der Waals surface area contributed by atoms with Crippen LogP contribution in [0.4, 0.5) is 23.9 Å². The van der Waals surface area contributed by atoms with Crippen LogP contribution in [0, 0.1) is 18.3 Å². The highest BCUT2D eigenvalue weighted by Gasteiger charge is 2.36. The number of rotatable bonds is 4. The van der Waals surface area contributed by atoms with Crippen molar-refractivity contribution in [2.75, 3.05) is 18.4 Å². The SMILES string of the molecule is Cc1c(-c2ccc3c(-c4nc(N[C@H]5CCCN(C(=O)OC(C)(C)C)C5)ncc4C(F)(F)F)c[nH]c3c2)c[nH]c(=O)c1C#N. The van der Waals surface area contributed by atoms with Gasteiger partial charge in [0.05, 0.1) is 5.69 Å². The molecule has 10 nitrogen and oxygen atoms in total. The molecule has 4 heterocycles. The fraction of sp³-hybridized carbons (Fsp3) is 0.367. The Morgan fingerprint density at radius 3 is 2.63 bits per heavy atom. The second-order valence-electron chi connectivity index (χ2n) is 11.5. The Morgan fingerprint density at radius 2 is 1.93 bits per heavy atom. The first-order valence-electron chi connectivity index (χ1n) is 13.7. The highest BCUT2D eigenvalue weighted by atomic mass is 19.4. The van der Waals surface area contributed by atoms with Gasteiger partial charge in [-0.1, -0.05) is 12.1 Å². The van der Waals surface area contributed by atoms with Crippen LogP contribution in [0.15, 0.2) is 41.6 Å². The number of pyridine rings is 1. The fourth-order valence-corrected chi connectivity index (χ4v) is 5.18. The second kappa shape index (κ2) is 11.1. The number of ether oxygens (including phenoxy) is 1. The molecule has 5 rings (SSSR count). The van der Waals surface area contributed by atoms with E-state index < -0.39 is 29.0 Å². The molecule has 0 radical (unpaired) electrons. The van der Waals surface area contributed by atoms with E-state index in [1.807, 2.05) is 6.07 Å². The third-order valence-corrected chi connectivity index (χ3v) is 7.21. The Labute approximate surface area is 244 Å². The van der Waals surface area contributed by atoms with Gasteiger partial charge in [0.15, 0.2) is 0 Å². The van der Waals surface area contributed by atoms with Crippen molar-refractivity contribution in [2.45, 2.75) is 58.4 Å². The summed E-state index contributed by atoms with van der Waals surface area (Å²) in [7, 11) is 0. The number of H-pyrrole nitrogens is 2. The van der Waals surface area contributed by atoms with Crippen LogP contribution in [-0.4, -0.2) is 55.7 Å². The molecule has 3 N–H and O–H groups in total. The van der Waals surface area contributed by atoms with E-state index in [2.05, 4.69) is 25.3 Å². The molecule has 1 saturated heterocycles. The molecule has 43 heavy (non-hydrogen) atoms. The zero-order valence-electron chi connectivity index (χ0n) is 24.0. The molecule has 0 bridgehead atoms. The summed E-state index contributed by atoms with van der Waals surface area (Å²) in [6.07, 6.45) is -0.0845. The number of nitrogens with zero attached hydrogens (tertiary/aromatic N) is 4. The lowest BCUT2D eigenvalue weighted by atomic mass is 9.97. The molecular weight excluding hydrogens is 563 g/mol. The van der Waals surface area contributed by atoms with Crippen molar-refractivity contribution in [3.05, 3.63) is 63.8 Å². The van der Waals surface area contributed by atoms with Crippen molar-refractivity contribution >= 4 is 22.9 Å². The zero-order chi connectivity index (χ0) is 31.1. The first kappa shape index (κ1) is 29.6. The smallest absolute Gasteiger partial charge is 0.419 e. The highest BCUT2D eigenvalue weighted by molar-refractivity contribution is 5.97. The number of halogens is 3. The van der Waals surface area contributed by atoms with Gasteiger partial charge < -0.3 is 24.9 Å². The Balaban J connectivity index is 1.47. The zero-order valence-corrected chi connectivity index (χ0v) is 24.0.